The maximum Gasteiger partial charge on any atom is 0.511 e. The highest BCUT2D eigenvalue weighted by molar-refractivity contribution is 5.96. The summed E-state index contributed by atoms with van der Waals surface area (Å²) in [5, 5.41) is 22.9. The first-order valence-electron chi connectivity index (χ1n) is 7.07. The van der Waals surface area contributed by atoms with Crippen molar-refractivity contribution in [2.45, 2.75) is 26.7 Å². The number of allylic oxidation sites excluding steroid dienone is 3. The Balaban J connectivity index is 2.67. The van der Waals surface area contributed by atoms with Gasteiger partial charge >= 0.3 is 6.16 Å². The number of hydrogen-bond donors (Lipinski definition) is 2. The average molecular weight is 332 g/mol. The number of ketones is 1. The monoisotopic (exact) mass is 332 g/mol. The van der Waals surface area contributed by atoms with Crippen LogP contribution in [0.5, 0.6) is 0 Å². The Kier molecular flexibility index (Phi) is 4.68. The minimum absolute atomic E-state index is 0.0267. The van der Waals surface area contributed by atoms with Crippen LogP contribution in [0.15, 0.2) is 47.0 Å². The van der Waals surface area contributed by atoms with E-state index in [1.54, 1.807) is 19.9 Å². The van der Waals surface area contributed by atoms with Gasteiger partial charge in [0, 0.05) is 23.4 Å². The number of ether oxygens (including phenoxy) is 1. The minimum atomic E-state index is -1.52. The lowest BCUT2D eigenvalue weighted by molar-refractivity contribution is -0.384. The quantitative estimate of drug-likeness (QED) is 0.494. The number of carbonyl (C=O) groups excluding carboxylic acids is 1. The highest BCUT2D eigenvalue weighted by Gasteiger charge is 2.34. The molecule has 1 aromatic rings. The van der Waals surface area contributed by atoms with Crippen LogP contribution in [0.25, 0.3) is 0 Å². The van der Waals surface area contributed by atoms with E-state index in [0.717, 1.165) is 0 Å². The van der Waals surface area contributed by atoms with Gasteiger partial charge in [0.2, 0.25) is 0 Å². The van der Waals surface area contributed by atoms with Gasteiger partial charge in [0.25, 0.3) is 5.69 Å². The van der Waals surface area contributed by atoms with Crippen LogP contribution < -0.4 is 5.32 Å². The summed E-state index contributed by atoms with van der Waals surface area (Å²) >= 11 is 0. The molecule has 1 aromatic carbocycles. The lowest BCUT2D eigenvalue weighted by Gasteiger charge is -2.29. The van der Waals surface area contributed by atoms with Crippen molar-refractivity contribution in [3.05, 3.63) is 62.7 Å². The van der Waals surface area contributed by atoms with E-state index >= 15 is 0 Å². The van der Waals surface area contributed by atoms with Crippen LogP contribution in [0.1, 0.15) is 32.3 Å². The number of nitro groups is 1. The number of Topliss-reactive ketones (excluding diaryl/α,β-unsaturated/α-hetero) is 1. The van der Waals surface area contributed by atoms with Gasteiger partial charge in [-0.2, -0.15) is 0 Å². The fraction of sp³-hybridized carbons (Fsp3) is 0.250. The summed E-state index contributed by atoms with van der Waals surface area (Å²) in [5.41, 5.74) is 1.53. The van der Waals surface area contributed by atoms with Crippen LogP contribution in [-0.2, 0) is 9.53 Å². The van der Waals surface area contributed by atoms with Gasteiger partial charge in [-0.25, -0.2) is 4.79 Å². The summed E-state index contributed by atoms with van der Waals surface area (Å²) in [4.78, 5) is 33.6. The van der Waals surface area contributed by atoms with E-state index < -0.39 is 17.0 Å². The zero-order valence-corrected chi connectivity index (χ0v) is 13.3. The lowest BCUT2D eigenvalue weighted by atomic mass is 9.83. The summed E-state index contributed by atoms with van der Waals surface area (Å²) in [7, 11) is 0. The second kappa shape index (κ2) is 6.53. The Morgan fingerprint density at radius 2 is 1.96 bits per heavy atom. The summed E-state index contributed by atoms with van der Waals surface area (Å²) in [5.74, 6) is -1.09. The smallest absolute Gasteiger partial charge is 0.449 e. The van der Waals surface area contributed by atoms with Gasteiger partial charge in [0.15, 0.2) is 5.78 Å². The van der Waals surface area contributed by atoms with Crippen molar-refractivity contribution in [1.29, 1.82) is 0 Å². The summed E-state index contributed by atoms with van der Waals surface area (Å²) in [6.45, 7) is 4.65. The van der Waals surface area contributed by atoms with E-state index in [9.17, 15) is 19.7 Å². The van der Waals surface area contributed by atoms with Crippen molar-refractivity contribution in [1.82, 2.24) is 5.32 Å². The molecule has 0 spiro atoms. The lowest BCUT2D eigenvalue weighted by Crippen LogP contribution is -2.29. The van der Waals surface area contributed by atoms with E-state index in [0.29, 0.717) is 22.5 Å². The maximum atomic E-state index is 12.1. The van der Waals surface area contributed by atoms with Gasteiger partial charge in [-0.3, -0.25) is 14.9 Å². The van der Waals surface area contributed by atoms with Crippen LogP contribution >= 0.6 is 0 Å². The van der Waals surface area contributed by atoms with Crippen LogP contribution in [-0.4, -0.2) is 22.0 Å². The Morgan fingerprint density at radius 3 is 2.50 bits per heavy atom. The van der Waals surface area contributed by atoms with Gasteiger partial charge in [-0.1, -0.05) is 12.1 Å². The van der Waals surface area contributed by atoms with Crippen molar-refractivity contribution in [2.75, 3.05) is 0 Å². The van der Waals surface area contributed by atoms with Gasteiger partial charge in [0.05, 0.1) is 16.5 Å². The first-order chi connectivity index (χ1) is 11.2. The Morgan fingerprint density at radius 1 is 1.29 bits per heavy atom. The SMILES string of the molecule is CC(=O)C1=C(C)NC(C)=C(OC(=O)O)C1c1cccc([N+](=O)[O-])c1. The predicted octanol–water partition coefficient (Wildman–Crippen LogP) is 3.07. The molecule has 0 aliphatic carbocycles. The number of nitrogens with one attached hydrogen (secondary N) is 1. The van der Waals surface area contributed by atoms with Crippen LogP contribution in [0, 0.1) is 10.1 Å². The molecule has 126 valence electrons. The highest BCUT2D eigenvalue weighted by Crippen LogP contribution is 2.39. The van der Waals surface area contributed by atoms with E-state index in [2.05, 4.69) is 5.32 Å². The van der Waals surface area contributed by atoms with E-state index in [4.69, 9.17) is 9.84 Å². The van der Waals surface area contributed by atoms with Crippen LogP contribution in [0.3, 0.4) is 0 Å². The third kappa shape index (κ3) is 3.27. The predicted molar refractivity (Wildman–Crippen MR) is 84.2 cm³/mol. The third-order valence-corrected chi connectivity index (χ3v) is 3.69. The molecule has 0 amide bonds. The van der Waals surface area contributed by atoms with Crippen LogP contribution in [0.4, 0.5) is 10.5 Å². The Hall–Kier alpha value is -3.16. The number of nitrogens with zero attached hydrogens (tertiary/aromatic N) is 1. The molecule has 0 saturated heterocycles. The molecule has 1 aliphatic heterocycles. The number of benzene rings is 1. The fourth-order valence-corrected chi connectivity index (χ4v) is 2.81. The molecule has 0 saturated carbocycles. The van der Waals surface area contributed by atoms with E-state index in [1.165, 1.54) is 25.1 Å². The zero-order chi connectivity index (χ0) is 18.0. The fourth-order valence-electron chi connectivity index (χ4n) is 2.81. The van der Waals surface area contributed by atoms with E-state index in [1.807, 2.05) is 0 Å². The molecule has 8 nitrogen and oxygen atoms in total. The molecule has 0 bridgehead atoms. The Labute approximate surface area is 137 Å². The number of carboxylic acid groups (broad SMARTS) is 1. The maximum absolute atomic E-state index is 12.1. The largest absolute Gasteiger partial charge is 0.511 e. The molecular weight excluding hydrogens is 316 g/mol. The van der Waals surface area contributed by atoms with Crippen molar-refractivity contribution in [3.8, 4) is 0 Å². The molecule has 0 aromatic heterocycles. The molecule has 0 fully saturated rings. The van der Waals surface area contributed by atoms with Gasteiger partial charge in [-0.05, 0) is 26.3 Å². The third-order valence-electron chi connectivity index (χ3n) is 3.69. The summed E-state index contributed by atoms with van der Waals surface area (Å²) in [6.07, 6.45) is -1.52. The number of rotatable bonds is 4. The molecule has 1 aliphatic rings. The second-order valence-electron chi connectivity index (χ2n) is 5.36. The van der Waals surface area contributed by atoms with Crippen molar-refractivity contribution in [3.63, 3.8) is 0 Å². The molecule has 1 heterocycles. The normalized spacial score (nSPS) is 17.4. The highest BCUT2D eigenvalue weighted by atomic mass is 16.7. The second-order valence-corrected chi connectivity index (χ2v) is 5.36. The molecule has 24 heavy (non-hydrogen) atoms. The van der Waals surface area contributed by atoms with Gasteiger partial charge in [0.1, 0.15) is 5.76 Å². The van der Waals surface area contributed by atoms with Crippen molar-refractivity contribution >= 4 is 17.6 Å². The molecule has 1 atom stereocenters. The number of carbonyl (C=O) groups is 2. The summed E-state index contributed by atoms with van der Waals surface area (Å²) < 4.78 is 4.88. The van der Waals surface area contributed by atoms with Crippen molar-refractivity contribution < 1.29 is 24.4 Å². The molecular formula is C16H16N2O6. The molecule has 2 N–H and O–H groups in total. The first kappa shape index (κ1) is 17.2. The average Bonchev–Trinajstić information content (AvgIpc) is 2.48. The number of nitro benzene ring substituents is 1. The van der Waals surface area contributed by atoms with E-state index in [-0.39, 0.29) is 17.2 Å². The Bertz CT molecular complexity index is 794. The molecule has 2 rings (SSSR count). The first-order valence-corrected chi connectivity index (χ1v) is 7.07. The van der Waals surface area contributed by atoms with Crippen LogP contribution in [0.2, 0.25) is 0 Å². The van der Waals surface area contributed by atoms with Crippen molar-refractivity contribution in [2.24, 2.45) is 0 Å². The topological polar surface area (TPSA) is 119 Å². The summed E-state index contributed by atoms with van der Waals surface area (Å²) in [6, 6.07) is 5.71. The number of dihydropyridines is 1. The van der Waals surface area contributed by atoms with Gasteiger partial charge in [-0.15, -0.1) is 0 Å². The number of hydrogen-bond acceptors (Lipinski definition) is 6. The minimum Gasteiger partial charge on any atom is -0.449 e. The standard InChI is InChI=1S/C16H16N2O6/c1-8-13(10(3)19)14(15(9(2)17-8)24-16(20)21)11-5-4-6-12(7-11)18(22)23/h4-7,14,17H,1-3H3,(H,20,21). The number of non-ortho nitro benzene ring substituents is 1. The molecule has 0 radical (unpaired) electrons. The zero-order valence-electron chi connectivity index (χ0n) is 13.3. The molecule has 1 unspecified atom stereocenters. The molecule has 8 heteroatoms. The van der Waals surface area contributed by atoms with Gasteiger partial charge < -0.3 is 15.2 Å².